The number of nitrogens with zero attached hydrogens (tertiary/aromatic N) is 2. The van der Waals surface area contributed by atoms with Crippen molar-refractivity contribution in [3.05, 3.63) is 52.9 Å². The summed E-state index contributed by atoms with van der Waals surface area (Å²) >= 11 is 6.06. The second-order valence-electron chi connectivity index (χ2n) is 4.45. The first-order valence-electron chi connectivity index (χ1n) is 6.35. The Hall–Kier alpha value is -2.45. The maximum absolute atomic E-state index is 12.6. The molecular formula is C15H14ClN3O2. The molecule has 1 aromatic carbocycles. The number of carbonyl (C=O) groups is 1. The molecule has 1 amide bonds. The lowest BCUT2D eigenvalue weighted by molar-refractivity contribution is 0.0735. The van der Waals surface area contributed by atoms with E-state index >= 15 is 0 Å². The molecule has 2 aromatic rings. The second-order valence-corrected chi connectivity index (χ2v) is 4.86. The van der Waals surface area contributed by atoms with Crippen LogP contribution >= 0.6 is 11.6 Å². The van der Waals surface area contributed by atoms with Crippen LogP contribution in [0.3, 0.4) is 0 Å². The maximum atomic E-state index is 12.6. The van der Waals surface area contributed by atoms with Crippen LogP contribution in [0.15, 0.2) is 41.0 Å². The molecule has 1 heterocycles. The van der Waals surface area contributed by atoms with E-state index in [-0.39, 0.29) is 18.9 Å². The summed E-state index contributed by atoms with van der Waals surface area (Å²) in [5.41, 5.74) is 6.48. The highest BCUT2D eigenvalue weighted by molar-refractivity contribution is 6.34. The van der Waals surface area contributed by atoms with E-state index < -0.39 is 0 Å². The fourth-order valence-corrected chi connectivity index (χ4v) is 2.10. The molecule has 0 unspecified atom stereocenters. The molecular weight excluding hydrogens is 290 g/mol. The normalized spacial score (nSPS) is 10.1. The molecule has 0 bridgehead atoms. The number of halogens is 1. The first-order chi connectivity index (χ1) is 10.1. The Morgan fingerprint density at radius 1 is 1.43 bits per heavy atom. The predicted octanol–water partition coefficient (Wildman–Crippen LogP) is 3.07. The summed E-state index contributed by atoms with van der Waals surface area (Å²) in [7, 11) is 0. The van der Waals surface area contributed by atoms with Crippen molar-refractivity contribution < 1.29 is 9.21 Å². The summed E-state index contributed by atoms with van der Waals surface area (Å²) in [5, 5.41) is 9.06. The number of nitrogen functional groups attached to an aromatic ring is 1. The van der Waals surface area contributed by atoms with Gasteiger partial charge in [-0.3, -0.25) is 4.79 Å². The highest BCUT2D eigenvalue weighted by atomic mass is 35.5. The molecule has 2 N–H and O–H groups in total. The van der Waals surface area contributed by atoms with Crippen molar-refractivity contribution in [2.75, 3.05) is 12.3 Å². The minimum absolute atomic E-state index is 0.229. The molecule has 108 valence electrons. The molecule has 0 saturated carbocycles. The number of benzene rings is 1. The van der Waals surface area contributed by atoms with Gasteiger partial charge in [0.15, 0.2) is 0 Å². The third kappa shape index (κ3) is 3.77. The zero-order chi connectivity index (χ0) is 15.2. The first kappa shape index (κ1) is 14.9. The van der Waals surface area contributed by atoms with Gasteiger partial charge in [0.25, 0.3) is 5.91 Å². The van der Waals surface area contributed by atoms with E-state index in [9.17, 15) is 4.79 Å². The van der Waals surface area contributed by atoms with Crippen LogP contribution < -0.4 is 5.73 Å². The van der Waals surface area contributed by atoms with Gasteiger partial charge in [-0.15, -0.1) is 0 Å². The lowest BCUT2D eigenvalue weighted by atomic mass is 10.1. The molecule has 0 radical (unpaired) electrons. The van der Waals surface area contributed by atoms with E-state index in [4.69, 9.17) is 27.0 Å². The van der Waals surface area contributed by atoms with Gasteiger partial charge in [-0.25, -0.2) is 0 Å². The van der Waals surface area contributed by atoms with Gasteiger partial charge in [0.2, 0.25) is 0 Å². The average Bonchev–Trinajstić information content (AvgIpc) is 2.98. The standard InChI is InChI=1S/C15H14ClN3O2/c16-14-5-4-11(18)9-13(14)15(20)19(7-2-6-17)10-12-3-1-8-21-12/h1,3-5,8-9H,2,7,10,18H2. The van der Waals surface area contributed by atoms with Crippen LogP contribution in [-0.4, -0.2) is 17.4 Å². The van der Waals surface area contributed by atoms with E-state index in [0.717, 1.165) is 0 Å². The van der Waals surface area contributed by atoms with Gasteiger partial charge >= 0.3 is 0 Å². The van der Waals surface area contributed by atoms with Crippen molar-refractivity contribution in [3.8, 4) is 6.07 Å². The van der Waals surface area contributed by atoms with Crippen molar-refractivity contribution >= 4 is 23.2 Å². The summed E-state index contributed by atoms with van der Waals surface area (Å²) in [6, 6.07) is 10.3. The zero-order valence-electron chi connectivity index (χ0n) is 11.3. The first-order valence-corrected chi connectivity index (χ1v) is 6.73. The van der Waals surface area contributed by atoms with Gasteiger partial charge in [0.1, 0.15) is 5.76 Å². The summed E-state index contributed by atoms with van der Waals surface area (Å²) < 4.78 is 5.25. The molecule has 5 nitrogen and oxygen atoms in total. The van der Waals surface area contributed by atoms with Crippen LogP contribution in [0.5, 0.6) is 0 Å². The molecule has 0 fully saturated rings. The monoisotopic (exact) mass is 303 g/mol. The Labute approximate surface area is 127 Å². The Bertz CT molecular complexity index is 662. The number of hydrogen-bond donors (Lipinski definition) is 1. The highest BCUT2D eigenvalue weighted by Gasteiger charge is 2.19. The smallest absolute Gasteiger partial charge is 0.255 e. The van der Waals surface area contributed by atoms with Gasteiger partial charge in [-0.05, 0) is 30.3 Å². The third-order valence-electron chi connectivity index (χ3n) is 2.93. The zero-order valence-corrected chi connectivity index (χ0v) is 12.0. The lowest BCUT2D eigenvalue weighted by Crippen LogP contribution is -2.31. The van der Waals surface area contributed by atoms with Crippen molar-refractivity contribution in [1.29, 1.82) is 5.26 Å². The molecule has 0 saturated heterocycles. The summed E-state index contributed by atoms with van der Waals surface area (Å²) in [6.45, 7) is 0.569. The van der Waals surface area contributed by atoms with Crippen molar-refractivity contribution in [2.24, 2.45) is 0 Å². The maximum Gasteiger partial charge on any atom is 0.255 e. The Morgan fingerprint density at radius 3 is 2.90 bits per heavy atom. The Balaban J connectivity index is 2.24. The minimum atomic E-state index is -0.279. The molecule has 0 spiro atoms. The van der Waals surface area contributed by atoms with Gasteiger partial charge in [-0.1, -0.05) is 11.6 Å². The fourth-order valence-electron chi connectivity index (χ4n) is 1.91. The molecule has 0 aliphatic carbocycles. The predicted molar refractivity (Wildman–Crippen MR) is 79.5 cm³/mol. The number of nitriles is 1. The fraction of sp³-hybridized carbons (Fsp3) is 0.200. The SMILES string of the molecule is N#CCCN(Cc1ccco1)C(=O)c1cc(N)ccc1Cl. The van der Waals surface area contributed by atoms with Gasteiger partial charge in [-0.2, -0.15) is 5.26 Å². The number of rotatable bonds is 5. The van der Waals surface area contributed by atoms with Crippen LogP contribution in [0.2, 0.25) is 5.02 Å². The summed E-state index contributed by atoms with van der Waals surface area (Å²) in [5.74, 6) is 0.361. The van der Waals surface area contributed by atoms with E-state index in [0.29, 0.717) is 28.6 Å². The molecule has 0 atom stereocenters. The van der Waals surface area contributed by atoms with E-state index in [1.54, 1.807) is 24.3 Å². The Morgan fingerprint density at radius 2 is 2.24 bits per heavy atom. The van der Waals surface area contributed by atoms with Crippen LogP contribution in [0.4, 0.5) is 5.69 Å². The molecule has 2 rings (SSSR count). The number of carbonyl (C=O) groups excluding carboxylic acids is 1. The molecule has 0 aliphatic heterocycles. The topological polar surface area (TPSA) is 83.3 Å². The van der Waals surface area contributed by atoms with E-state index in [1.165, 1.54) is 17.2 Å². The highest BCUT2D eigenvalue weighted by Crippen LogP contribution is 2.21. The number of amides is 1. The lowest BCUT2D eigenvalue weighted by Gasteiger charge is -2.21. The number of furan rings is 1. The molecule has 1 aromatic heterocycles. The average molecular weight is 304 g/mol. The molecule has 6 heteroatoms. The molecule has 0 aliphatic rings. The van der Waals surface area contributed by atoms with Crippen molar-refractivity contribution in [2.45, 2.75) is 13.0 Å². The van der Waals surface area contributed by atoms with Crippen LogP contribution in [0, 0.1) is 11.3 Å². The summed E-state index contributed by atoms with van der Waals surface area (Å²) in [4.78, 5) is 14.1. The largest absolute Gasteiger partial charge is 0.467 e. The second kappa shape index (κ2) is 6.82. The summed E-state index contributed by atoms with van der Waals surface area (Å²) in [6.07, 6.45) is 1.77. The quantitative estimate of drug-likeness (QED) is 0.860. The third-order valence-corrected chi connectivity index (χ3v) is 3.26. The number of hydrogen-bond acceptors (Lipinski definition) is 4. The van der Waals surface area contributed by atoms with Crippen LogP contribution in [-0.2, 0) is 6.54 Å². The van der Waals surface area contributed by atoms with Gasteiger partial charge < -0.3 is 15.1 Å². The number of nitrogens with two attached hydrogens (primary N) is 1. The van der Waals surface area contributed by atoms with Crippen LogP contribution in [0.25, 0.3) is 0 Å². The van der Waals surface area contributed by atoms with Crippen molar-refractivity contribution in [3.63, 3.8) is 0 Å². The minimum Gasteiger partial charge on any atom is -0.467 e. The van der Waals surface area contributed by atoms with Gasteiger partial charge in [0.05, 0.1) is 35.9 Å². The number of anilines is 1. The Kier molecular flexibility index (Phi) is 4.85. The van der Waals surface area contributed by atoms with Crippen molar-refractivity contribution in [1.82, 2.24) is 4.90 Å². The van der Waals surface area contributed by atoms with Gasteiger partial charge in [0, 0.05) is 12.2 Å². The van der Waals surface area contributed by atoms with E-state index in [2.05, 4.69) is 0 Å². The van der Waals surface area contributed by atoms with Crippen LogP contribution in [0.1, 0.15) is 22.5 Å². The van der Waals surface area contributed by atoms with E-state index in [1.807, 2.05) is 6.07 Å². The molecule has 21 heavy (non-hydrogen) atoms.